The van der Waals surface area contributed by atoms with Gasteiger partial charge < -0.3 is 19.1 Å². The molecule has 1 amide bonds. The molecule has 184 valence electrons. The zero-order chi connectivity index (χ0) is 24.9. The normalized spacial score (nSPS) is 14.7. The van der Waals surface area contributed by atoms with Gasteiger partial charge in [0.25, 0.3) is 5.91 Å². The number of ether oxygens (including phenoxy) is 3. The molecular formula is C29H29N3O4. The SMILES string of the molecule is COCCCN1C(=O)c2[nH]nc(-c3ccc(OC)cc3)c2C1c1ccc(OCc2ccccc2)cc1. The van der Waals surface area contributed by atoms with Crippen molar-refractivity contribution in [1.82, 2.24) is 15.1 Å². The summed E-state index contributed by atoms with van der Waals surface area (Å²) < 4.78 is 16.5. The monoisotopic (exact) mass is 483 g/mol. The lowest BCUT2D eigenvalue weighted by Crippen LogP contribution is -2.31. The van der Waals surface area contributed by atoms with Gasteiger partial charge in [-0.2, -0.15) is 5.10 Å². The van der Waals surface area contributed by atoms with Crippen LogP contribution in [-0.4, -0.2) is 48.4 Å². The standard InChI is InChI=1S/C29H29N3O4/c1-34-18-6-17-32-28(22-11-15-24(16-12-22)36-19-20-7-4-3-5-8-20)25-26(30-31-27(25)29(32)33)21-9-13-23(35-2)14-10-21/h3-5,7-16,28H,6,17-19H2,1-2H3,(H,30,31). The maximum atomic E-state index is 13.4. The third kappa shape index (κ3) is 4.70. The molecule has 7 heteroatoms. The fraction of sp³-hybridized carbons (Fsp3) is 0.241. The number of nitrogens with zero attached hydrogens (tertiary/aromatic N) is 2. The summed E-state index contributed by atoms with van der Waals surface area (Å²) in [6, 6.07) is 25.5. The van der Waals surface area contributed by atoms with Crippen molar-refractivity contribution in [3.8, 4) is 22.8 Å². The second-order valence-corrected chi connectivity index (χ2v) is 8.68. The van der Waals surface area contributed by atoms with Gasteiger partial charge in [-0.05, 0) is 53.9 Å². The number of rotatable bonds is 10. The zero-order valence-electron chi connectivity index (χ0n) is 20.4. The fourth-order valence-corrected chi connectivity index (χ4v) is 4.61. The number of nitrogens with one attached hydrogen (secondary N) is 1. The van der Waals surface area contributed by atoms with Crippen molar-refractivity contribution < 1.29 is 19.0 Å². The lowest BCUT2D eigenvalue weighted by Gasteiger charge is -2.26. The van der Waals surface area contributed by atoms with Crippen LogP contribution in [0.25, 0.3) is 11.3 Å². The molecule has 1 aliphatic heterocycles. The Hall–Kier alpha value is -4.10. The number of hydrogen-bond acceptors (Lipinski definition) is 5. The fourth-order valence-electron chi connectivity index (χ4n) is 4.61. The molecule has 1 N–H and O–H groups in total. The van der Waals surface area contributed by atoms with Crippen LogP contribution in [0.15, 0.2) is 78.9 Å². The molecule has 36 heavy (non-hydrogen) atoms. The van der Waals surface area contributed by atoms with E-state index in [2.05, 4.69) is 10.2 Å². The molecule has 0 saturated carbocycles. The van der Waals surface area contributed by atoms with Gasteiger partial charge in [0.15, 0.2) is 0 Å². The van der Waals surface area contributed by atoms with Gasteiger partial charge in [-0.25, -0.2) is 0 Å². The summed E-state index contributed by atoms with van der Waals surface area (Å²) in [4.78, 5) is 15.3. The number of benzene rings is 3. The average molecular weight is 484 g/mol. The Morgan fingerprint density at radius 2 is 1.64 bits per heavy atom. The van der Waals surface area contributed by atoms with E-state index in [1.807, 2.05) is 83.8 Å². The number of hydrogen-bond donors (Lipinski definition) is 1. The van der Waals surface area contributed by atoms with Crippen molar-refractivity contribution in [2.45, 2.75) is 19.1 Å². The van der Waals surface area contributed by atoms with Gasteiger partial charge in [-0.3, -0.25) is 9.89 Å². The lowest BCUT2D eigenvalue weighted by atomic mass is 9.96. The number of methoxy groups -OCH3 is 2. The van der Waals surface area contributed by atoms with E-state index in [0.29, 0.717) is 25.5 Å². The van der Waals surface area contributed by atoms with Crippen molar-refractivity contribution in [2.24, 2.45) is 0 Å². The summed E-state index contributed by atoms with van der Waals surface area (Å²) in [7, 11) is 3.31. The molecule has 0 saturated heterocycles. The summed E-state index contributed by atoms with van der Waals surface area (Å²) in [5.74, 6) is 1.49. The van der Waals surface area contributed by atoms with Gasteiger partial charge >= 0.3 is 0 Å². The van der Waals surface area contributed by atoms with Gasteiger partial charge in [-0.1, -0.05) is 42.5 Å². The van der Waals surface area contributed by atoms with Crippen LogP contribution < -0.4 is 9.47 Å². The average Bonchev–Trinajstić information content (AvgIpc) is 3.47. The molecule has 0 aliphatic carbocycles. The minimum absolute atomic E-state index is 0.0530. The predicted molar refractivity (Wildman–Crippen MR) is 137 cm³/mol. The molecule has 0 radical (unpaired) electrons. The van der Waals surface area contributed by atoms with Gasteiger partial charge in [0, 0.05) is 31.4 Å². The molecule has 0 spiro atoms. The van der Waals surface area contributed by atoms with Crippen LogP contribution in [0.1, 0.15) is 39.6 Å². The smallest absolute Gasteiger partial charge is 0.273 e. The summed E-state index contributed by atoms with van der Waals surface area (Å²) in [5.41, 5.74) is 5.23. The molecule has 0 bridgehead atoms. The molecule has 3 aromatic carbocycles. The van der Waals surface area contributed by atoms with Crippen LogP contribution in [0, 0.1) is 0 Å². The summed E-state index contributed by atoms with van der Waals surface area (Å²) in [6.07, 6.45) is 0.743. The molecule has 1 unspecified atom stereocenters. The summed E-state index contributed by atoms with van der Waals surface area (Å²) >= 11 is 0. The van der Waals surface area contributed by atoms with E-state index in [1.54, 1.807) is 14.2 Å². The number of carbonyl (C=O) groups is 1. The Labute approximate surface area is 210 Å². The highest BCUT2D eigenvalue weighted by atomic mass is 16.5. The topological polar surface area (TPSA) is 76.7 Å². The minimum atomic E-state index is -0.261. The second kappa shape index (κ2) is 10.7. The Balaban J connectivity index is 1.46. The first kappa shape index (κ1) is 23.6. The Morgan fingerprint density at radius 3 is 2.33 bits per heavy atom. The van der Waals surface area contributed by atoms with E-state index < -0.39 is 0 Å². The number of aromatic nitrogens is 2. The highest BCUT2D eigenvalue weighted by Gasteiger charge is 2.41. The van der Waals surface area contributed by atoms with Crippen molar-refractivity contribution in [3.63, 3.8) is 0 Å². The number of carbonyl (C=O) groups excluding carboxylic acids is 1. The minimum Gasteiger partial charge on any atom is -0.497 e. The first-order valence-electron chi connectivity index (χ1n) is 12.0. The van der Waals surface area contributed by atoms with Crippen LogP contribution in [-0.2, 0) is 11.3 Å². The van der Waals surface area contributed by atoms with E-state index in [1.165, 1.54) is 0 Å². The molecule has 0 fully saturated rings. The molecule has 7 nitrogen and oxygen atoms in total. The van der Waals surface area contributed by atoms with E-state index in [4.69, 9.17) is 14.2 Å². The Kier molecular flexibility index (Phi) is 7.00. The maximum absolute atomic E-state index is 13.4. The predicted octanol–water partition coefficient (Wildman–Crippen LogP) is 5.25. The van der Waals surface area contributed by atoms with E-state index in [0.717, 1.165) is 45.9 Å². The summed E-state index contributed by atoms with van der Waals surface area (Å²) in [6.45, 7) is 1.66. The molecule has 1 aromatic heterocycles. The van der Waals surface area contributed by atoms with Crippen molar-refractivity contribution in [2.75, 3.05) is 27.4 Å². The third-order valence-corrected chi connectivity index (χ3v) is 6.42. The zero-order valence-corrected chi connectivity index (χ0v) is 20.4. The second-order valence-electron chi connectivity index (χ2n) is 8.68. The van der Waals surface area contributed by atoms with Crippen LogP contribution in [0.2, 0.25) is 0 Å². The quantitative estimate of drug-likeness (QED) is 0.312. The third-order valence-electron chi connectivity index (χ3n) is 6.42. The first-order chi connectivity index (χ1) is 17.7. The van der Waals surface area contributed by atoms with Crippen molar-refractivity contribution >= 4 is 5.91 Å². The number of aromatic amines is 1. The lowest BCUT2D eigenvalue weighted by molar-refractivity contribution is 0.0723. The molecule has 2 heterocycles. The Morgan fingerprint density at radius 1 is 0.917 bits per heavy atom. The van der Waals surface area contributed by atoms with Crippen molar-refractivity contribution in [3.05, 3.63) is 101 Å². The van der Waals surface area contributed by atoms with Gasteiger partial charge in [0.2, 0.25) is 0 Å². The Bertz CT molecular complexity index is 1300. The van der Waals surface area contributed by atoms with Gasteiger partial charge in [0.1, 0.15) is 23.8 Å². The van der Waals surface area contributed by atoms with Gasteiger partial charge in [0.05, 0.1) is 18.8 Å². The van der Waals surface area contributed by atoms with E-state index in [-0.39, 0.29) is 11.9 Å². The van der Waals surface area contributed by atoms with Gasteiger partial charge in [-0.15, -0.1) is 0 Å². The molecule has 1 atom stereocenters. The largest absolute Gasteiger partial charge is 0.497 e. The molecular weight excluding hydrogens is 454 g/mol. The summed E-state index contributed by atoms with van der Waals surface area (Å²) in [5, 5.41) is 7.54. The highest BCUT2D eigenvalue weighted by molar-refractivity contribution is 6.00. The number of H-pyrrole nitrogens is 1. The molecule has 4 aromatic rings. The number of fused-ring (bicyclic) bond motifs is 1. The van der Waals surface area contributed by atoms with Crippen LogP contribution >= 0.6 is 0 Å². The van der Waals surface area contributed by atoms with Crippen LogP contribution in [0.4, 0.5) is 0 Å². The maximum Gasteiger partial charge on any atom is 0.273 e. The molecule has 5 rings (SSSR count). The van der Waals surface area contributed by atoms with E-state index >= 15 is 0 Å². The molecule has 1 aliphatic rings. The number of amides is 1. The first-order valence-corrected chi connectivity index (χ1v) is 12.0. The van der Waals surface area contributed by atoms with Crippen molar-refractivity contribution in [1.29, 1.82) is 0 Å². The van der Waals surface area contributed by atoms with Crippen LogP contribution in [0.5, 0.6) is 11.5 Å². The highest BCUT2D eigenvalue weighted by Crippen LogP contribution is 2.43. The van der Waals surface area contributed by atoms with Crippen LogP contribution in [0.3, 0.4) is 0 Å². The van der Waals surface area contributed by atoms with E-state index in [9.17, 15) is 4.79 Å².